The lowest BCUT2D eigenvalue weighted by Crippen LogP contribution is -2.23. The summed E-state index contributed by atoms with van der Waals surface area (Å²) in [4.78, 5) is 26.2. The van der Waals surface area contributed by atoms with Gasteiger partial charge in [-0.05, 0) is 57.6 Å². The molecule has 0 bridgehead atoms. The first kappa shape index (κ1) is 23.4. The third-order valence-corrected chi connectivity index (χ3v) is 4.33. The summed E-state index contributed by atoms with van der Waals surface area (Å²) in [6.07, 6.45) is 3.26. The monoisotopic (exact) mass is 416 g/mol. The highest BCUT2D eigenvalue weighted by molar-refractivity contribution is 5.84. The van der Waals surface area contributed by atoms with Crippen molar-refractivity contribution in [3.8, 4) is 5.88 Å². The van der Waals surface area contributed by atoms with Crippen LogP contribution in [0, 0.1) is 0 Å². The van der Waals surface area contributed by atoms with Crippen molar-refractivity contribution in [3.05, 3.63) is 52.3 Å². The standard InChI is InChI=1S/C22H32N4O4/c1-4-5-14-29-20-11-12-21(27)26(24-20)17-18-9-8-10-19(16-18)23-22(28)30-15-7-6-13-25(2)3/h8-12,16H,4-7,13-15,17H2,1-3H3,(H,23,28). The number of benzene rings is 1. The van der Waals surface area contributed by atoms with Crippen LogP contribution in [-0.2, 0) is 11.3 Å². The van der Waals surface area contributed by atoms with Crippen LogP contribution in [0.1, 0.15) is 38.2 Å². The van der Waals surface area contributed by atoms with Gasteiger partial charge < -0.3 is 14.4 Å². The van der Waals surface area contributed by atoms with Crippen LogP contribution in [0.2, 0.25) is 0 Å². The SMILES string of the molecule is CCCCOc1ccc(=O)n(Cc2cccc(NC(=O)OCCCCN(C)C)c2)n1. The molecule has 30 heavy (non-hydrogen) atoms. The summed E-state index contributed by atoms with van der Waals surface area (Å²) in [6, 6.07) is 10.3. The second-order valence-electron chi connectivity index (χ2n) is 7.34. The number of anilines is 1. The quantitative estimate of drug-likeness (QED) is 0.534. The molecule has 1 amide bonds. The van der Waals surface area contributed by atoms with E-state index in [1.54, 1.807) is 18.2 Å². The third-order valence-electron chi connectivity index (χ3n) is 4.33. The maximum Gasteiger partial charge on any atom is 0.411 e. The zero-order chi connectivity index (χ0) is 21.8. The molecule has 1 heterocycles. The molecule has 164 valence electrons. The van der Waals surface area contributed by atoms with Crippen molar-refractivity contribution in [2.45, 2.75) is 39.2 Å². The lowest BCUT2D eigenvalue weighted by molar-refractivity contribution is 0.158. The molecule has 0 atom stereocenters. The summed E-state index contributed by atoms with van der Waals surface area (Å²) in [7, 11) is 4.03. The van der Waals surface area contributed by atoms with Crippen molar-refractivity contribution in [2.24, 2.45) is 0 Å². The molecular weight excluding hydrogens is 384 g/mol. The third kappa shape index (κ3) is 8.65. The maximum atomic E-state index is 12.1. The predicted octanol–water partition coefficient (Wildman–Crippen LogP) is 3.36. The van der Waals surface area contributed by atoms with Crippen molar-refractivity contribution in [1.82, 2.24) is 14.7 Å². The summed E-state index contributed by atoms with van der Waals surface area (Å²) in [5.74, 6) is 0.426. The first-order valence-electron chi connectivity index (χ1n) is 10.4. The fourth-order valence-corrected chi connectivity index (χ4v) is 2.71. The van der Waals surface area contributed by atoms with Gasteiger partial charge in [0.1, 0.15) is 0 Å². The molecule has 0 fully saturated rings. The summed E-state index contributed by atoms with van der Waals surface area (Å²) >= 11 is 0. The molecule has 8 nitrogen and oxygen atoms in total. The van der Waals surface area contributed by atoms with E-state index in [2.05, 4.69) is 22.2 Å². The number of hydrogen-bond acceptors (Lipinski definition) is 6. The Hall–Kier alpha value is -2.87. The fourth-order valence-electron chi connectivity index (χ4n) is 2.71. The Balaban J connectivity index is 1.90. The Morgan fingerprint density at radius 1 is 1.13 bits per heavy atom. The lowest BCUT2D eigenvalue weighted by atomic mass is 10.2. The van der Waals surface area contributed by atoms with Crippen molar-refractivity contribution in [1.29, 1.82) is 0 Å². The van der Waals surface area contributed by atoms with Crippen LogP contribution in [0.15, 0.2) is 41.2 Å². The molecule has 2 rings (SSSR count). The van der Waals surface area contributed by atoms with Gasteiger partial charge in [-0.2, -0.15) is 0 Å². The first-order valence-corrected chi connectivity index (χ1v) is 10.4. The molecule has 0 saturated carbocycles. The van der Waals surface area contributed by atoms with Gasteiger partial charge in [-0.15, -0.1) is 5.10 Å². The second kappa shape index (κ2) is 12.6. The summed E-state index contributed by atoms with van der Waals surface area (Å²) < 4.78 is 12.1. The minimum Gasteiger partial charge on any atom is -0.477 e. The Morgan fingerprint density at radius 2 is 1.97 bits per heavy atom. The van der Waals surface area contributed by atoms with E-state index < -0.39 is 6.09 Å². The van der Waals surface area contributed by atoms with E-state index >= 15 is 0 Å². The van der Waals surface area contributed by atoms with Gasteiger partial charge in [0.25, 0.3) is 5.56 Å². The van der Waals surface area contributed by atoms with E-state index in [4.69, 9.17) is 9.47 Å². The molecule has 1 aromatic carbocycles. The molecule has 0 saturated heterocycles. The van der Waals surface area contributed by atoms with E-state index in [-0.39, 0.29) is 12.1 Å². The molecule has 0 spiro atoms. The largest absolute Gasteiger partial charge is 0.477 e. The van der Waals surface area contributed by atoms with Crippen molar-refractivity contribution >= 4 is 11.8 Å². The van der Waals surface area contributed by atoms with Crippen molar-refractivity contribution in [2.75, 3.05) is 39.2 Å². The number of carbonyl (C=O) groups excluding carboxylic acids is 1. The predicted molar refractivity (Wildman–Crippen MR) is 117 cm³/mol. The Morgan fingerprint density at radius 3 is 2.73 bits per heavy atom. The molecule has 0 aliphatic rings. The summed E-state index contributed by atoms with van der Waals surface area (Å²) in [6.45, 7) is 4.27. The highest BCUT2D eigenvalue weighted by atomic mass is 16.5. The topological polar surface area (TPSA) is 85.7 Å². The van der Waals surface area contributed by atoms with Crippen LogP contribution in [0.3, 0.4) is 0 Å². The normalized spacial score (nSPS) is 10.8. The van der Waals surface area contributed by atoms with E-state index in [1.807, 2.05) is 26.2 Å². The molecule has 1 N–H and O–H groups in total. The van der Waals surface area contributed by atoms with Crippen molar-refractivity contribution < 1.29 is 14.3 Å². The molecule has 2 aromatic rings. The number of ether oxygens (including phenoxy) is 2. The zero-order valence-electron chi connectivity index (χ0n) is 18.1. The van der Waals surface area contributed by atoms with Gasteiger partial charge in [0.2, 0.25) is 5.88 Å². The highest BCUT2D eigenvalue weighted by Gasteiger charge is 2.07. The average molecular weight is 417 g/mol. The number of nitrogens with one attached hydrogen (secondary N) is 1. The number of hydrogen-bond donors (Lipinski definition) is 1. The van der Waals surface area contributed by atoms with Gasteiger partial charge in [0.15, 0.2) is 0 Å². The van der Waals surface area contributed by atoms with Crippen LogP contribution in [-0.4, -0.2) is 54.6 Å². The molecule has 8 heteroatoms. The van der Waals surface area contributed by atoms with Crippen LogP contribution < -0.4 is 15.6 Å². The van der Waals surface area contributed by atoms with Gasteiger partial charge in [-0.25, -0.2) is 9.48 Å². The van der Waals surface area contributed by atoms with Crippen molar-refractivity contribution in [3.63, 3.8) is 0 Å². The van der Waals surface area contributed by atoms with Gasteiger partial charge >= 0.3 is 6.09 Å². The molecule has 0 radical (unpaired) electrons. The average Bonchev–Trinajstić information content (AvgIpc) is 2.70. The van der Waals surface area contributed by atoms with E-state index in [0.29, 0.717) is 24.8 Å². The highest BCUT2D eigenvalue weighted by Crippen LogP contribution is 2.12. The van der Waals surface area contributed by atoms with E-state index in [0.717, 1.165) is 37.8 Å². The smallest absolute Gasteiger partial charge is 0.411 e. The first-order chi connectivity index (χ1) is 14.5. The fraction of sp³-hybridized carbons (Fsp3) is 0.500. The maximum absolute atomic E-state index is 12.1. The molecule has 0 aliphatic carbocycles. The van der Waals surface area contributed by atoms with Crippen LogP contribution in [0.5, 0.6) is 5.88 Å². The van der Waals surface area contributed by atoms with E-state index in [9.17, 15) is 9.59 Å². The van der Waals surface area contributed by atoms with Crippen LogP contribution in [0.25, 0.3) is 0 Å². The van der Waals surface area contributed by atoms with E-state index in [1.165, 1.54) is 10.7 Å². The lowest BCUT2D eigenvalue weighted by Gasteiger charge is -2.11. The number of nitrogens with zero attached hydrogens (tertiary/aromatic N) is 3. The number of rotatable bonds is 12. The zero-order valence-corrected chi connectivity index (χ0v) is 18.1. The number of unbranched alkanes of at least 4 members (excludes halogenated alkanes) is 2. The Labute approximate surface area is 177 Å². The molecule has 0 unspecified atom stereocenters. The van der Waals surface area contributed by atoms with Gasteiger partial charge in [-0.1, -0.05) is 25.5 Å². The Kier molecular flexibility index (Phi) is 9.86. The minimum atomic E-state index is -0.487. The second-order valence-corrected chi connectivity index (χ2v) is 7.34. The minimum absolute atomic E-state index is 0.215. The number of aromatic nitrogens is 2. The van der Waals surface area contributed by atoms with Gasteiger partial charge in [0.05, 0.1) is 19.8 Å². The molecular formula is C22H32N4O4. The molecule has 0 aliphatic heterocycles. The Bertz CT molecular complexity index is 851. The number of amides is 1. The van der Waals surface area contributed by atoms with Crippen LogP contribution >= 0.6 is 0 Å². The van der Waals surface area contributed by atoms with Gasteiger partial charge in [-0.3, -0.25) is 10.1 Å². The van der Waals surface area contributed by atoms with Crippen LogP contribution in [0.4, 0.5) is 10.5 Å². The molecule has 1 aromatic heterocycles. The summed E-state index contributed by atoms with van der Waals surface area (Å²) in [5.41, 5.74) is 1.22. The van der Waals surface area contributed by atoms with Gasteiger partial charge in [0, 0.05) is 17.8 Å². The summed E-state index contributed by atoms with van der Waals surface area (Å²) in [5, 5.41) is 6.99. The number of carbonyl (C=O) groups is 1.